The average molecular weight is 298 g/mol. The van der Waals surface area contributed by atoms with Gasteiger partial charge in [-0.05, 0) is 25.7 Å². The molecule has 1 N–H and O–H groups in total. The van der Waals surface area contributed by atoms with Crippen molar-refractivity contribution in [2.75, 3.05) is 26.7 Å². The number of likely N-dealkylation sites (tertiary alicyclic amines) is 1. The lowest BCUT2D eigenvalue weighted by Gasteiger charge is -2.30. The number of esters is 1. The molecule has 0 bridgehead atoms. The largest absolute Gasteiger partial charge is 0.469 e. The van der Waals surface area contributed by atoms with Crippen LogP contribution in [0.3, 0.4) is 0 Å². The van der Waals surface area contributed by atoms with Crippen LogP contribution < -0.4 is 5.32 Å². The molecular weight excluding hydrogens is 272 g/mol. The second kappa shape index (κ2) is 9.37. The minimum absolute atomic E-state index is 0.0238. The maximum Gasteiger partial charge on any atom is 0.305 e. The van der Waals surface area contributed by atoms with E-state index in [2.05, 4.69) is 10.1 Å². The van der Waals surface area contributed by atoms with Crippen molar-refractivity contribution in [3.05, 3.63) is 0 Å². The van der Waals surface area contributed by atoms with Gasteiger partial charge in [0.05, 0.1) is 7.11 Å². The number of piperidine rings is 1. The second-order valence-electron chi connectivity index (χ2n) is 5.46. The molecule has 0 atom stereocenters. The summed E-state index contributed by atoms with van der Waals surface area (Å²) in [5, 5.41) is 2.94. The number of carbonyl (C=O) groups excluding carboxylic acids is 3. The monoisotopic (exact) mass is 298 g/mol. The molecule has 6 heteroatoms. The van der Waals surface area contributed by atoms with Crippen LogP contribution in [0.4, 0.5) is 0 Å². The Labute approximate surface area is 126 Å². The van der Waals surface area contributed by atoms with E-state index < -0.39 is 0 Å². The molecule has 1 heterocycles. The zero-order valence-electron chi connectivity index (χ0n) is 13.0. The Bertz CT molecular complexity index is 363. The number of methoxy groups -OCH3 is 1. The van der Waals surface area contributed by atoms with Crippen molar-refractivity contribution in [1.29, 1.82) is 0 Å². The molecule has 6 nitrogen and oxygen atoms in total. The molecule has 0 spiro atoms. The first-order chi connectivity index (χ1) is 10.0. The minimum Gasteiger partial charge on any atom is -0.469 e. The summed E-state index contributed by atoms with van der Waals surface area (Å²) in [6, 6.07) is 0. The second-order valence-corrected chi connectivity index (χ2v) is 5.46. The van der Waals surface area contributed by atoms with E-state index in [0.717, 1.165) is 32.1 Å². The Balaban J connectivity index is 2.07. The summed E-state index contributed by atoms with van der Waals surface area (Å²) in [6.07, 6.45) is 4.49. The molecular formula is C15H26N2O4. The van der Waals surface area contributed by atoms with Gasteiger partial charge >= 0.3 is 5.97 Å². The van der Waals surface area contributed by atoms with Crippen molar-refractivity contribution in [2.24, 2.45) is 5.92 Å². The van der Waals surface area contributed by atoms with E-state index in [4.69, 9.17) is 0 Å². The summed E-state index contributed by atoms with van der Waals surface area (Å²) in [4.78, 5) is 35.9. The van der Waals surface area contributed by atoms with E-state index in [1.807, 2.05) is 0 Å². The van der Waals surface area contributed by atoms with Crippen LogP contribution in [0, 0.1) is 5.92 Å². The van der Waals surface area contributed by atoms with Crippen LogP contribution in [0.1, 0.15) is 45.4 Å². The molecule has 0 aromatic carbocycles. The predicted molar refractivity (Wildman–Crippen MR) is 78.5 cm³/mol. The van der Waals surface area contributed by atoms with E-state index in [1.165, 1.54) is 7.11 Å². The molecule has 1 rings (SSSR count). The standard InChI is InChI=1S/C15H26N2O4/c1-12(18)17-10-7-13(8-11-17)15(20)16-9-5-3-4-6-14(19)21-2/h13H,3-11H2,1-2H3,(H,16,20). The first-order valence-corrected chi connectivity index (χ1v) is 7.64. The summed E-state index contributed by atoms with van der Waals surface area (Å²) >= 11 is 0. The lowest BCUT2D eigenvalue weighted by molar-refractivity contribution is -0.140. The van der Waals surface area contributed by atoms with Gasteiger partial charge in [-0.25, -0.2) is 0 Å². The number of unbranched alkanes of at least 4 members (excludes halogenated alkanes) is 2. The van der Waals surface area contributed by atoms with Gasteiger partial charge in [0, 0.05) is 38.9 Å². The van der Waals surface area contributed by atoms with Gasteiger partial charge in [0.2, 0.25) is 11.8 Å². The summed E-state index contributed by atoms with van der Waals surface area (Å²) in [5.74, 6) is 0.0116. The first-order valence-electron chi connectivity index (χ1n) is 7.64. The lowest BCUT2D eigenvalue weighted by Crippen LogP contribution is -2.42. The molecule has 0 unspecified atom stereocenters. The van der Waals surface area contributed by atoms with Crippen LogP contribution in [0.25, 0.3) is 0 Å². The van der Waals surface area contributed by atoms with Crippen LogP contribution in [-0.2, 0) is 19.1 Å². The van der Waals surface area contributed by atoms with Gasteiger partial charge in [-0.2, -0.15) is 0 Å². The van der Waals surface area contributed by atoms with Crippen LogP contribution in [-0.4, -0.2) is 49.4 Å². The van der Waals surface area contributed by atoms with Gasteiger partial charge in [0.1, 0.15) is 0 Å². The molecule has 0 aromatic rings. The predicted octanol–water partition coefficient (Wildman–Crippen LogP) is 1.09. The summed E-state index contributed by atoms with van der Waals surface area (Å²) < 4.78 is 4.56. The van der Waals surface area contributed by atoms with Crippen LogP contribution in [0.2, 0.25) is 0 Å². The zero-order chi connectivity index (χ0) is 15.7. The molecule has 21 heavy (non-hydrogen) atoms. The van der Waals surface area contributed by atoms with Gasteiger partial charge in [-0.1, -0.05) is 6.42 Å². The van der Waals surface area contributed by atoms with Gasteiger partial charge in [0.15, 0.2) is 0 Å². The molecule has 120 valence electrons. The fourth-order valence-electron chi connectivity index (χ4n) is 2.49. The third kappa shape index (κ3) is 6.60. The van der Waals surface area contributed by atoms with Crippen LogP contribution >= 0.6 is 0 Å². The van der Waals surface area contributed by atoms with Gasteiger partial charge in [-0.3, -0.25) is 14.4 Å². The molecule has 2 amide bonds. The summed E-state index contributed by atoms with van der Waals surface area (Å²) in [6.45, 7) is 3.56. The van der Waals surface area contributed by atoms with Crippen LogP contribution in [0.15, 0.2) is 0 Å². The zero-order valence-corrected chi connectivity index (χ0v) is 13.0. The molecule has 0 aromatic heterocycles. The highest BCUT2D eigenvalue weighted by Gasteiger charge is 2.25. The smallest absolute Gasteiger partial charge is 0.305 e. The third-order valence-corrected chi connectivity index (χ3v) is 3.90. The normalized spacial score (nSPS) is 15.6. The van der Waals surface area contributed by atoms with Crippen molar-refractivity contribution in [3.8, 4) is 0 Å². The van der Waals surface area contributed by atoms with E-state index in [1.54, 1.807) is 11.8 Å². The highest BCUT2D eigenvalue weighted by molar-refractivity contribution is 5.79. The Kier molecular flexibility index (Phi) is 7.79. The van der Waals surface area contributed by atoms with Crippen LogP contribution in [0.5, 0.6) is 0 Å². The van der Waals surface area contributed by atoms with E-state index in [9.17, 15) is 14.4 Å². The van der Waals surface area contributed by atoms with Crippen molar-refractivity contribution in [1.82, 2.24) is 10.2 Å². The number of ether oxygens (including phenoxy) is 1. The summed E-state index contributed by atoms with van der Waals surface area (Å²) in [5.41, 5.74) is 0. The highest BCUT2D eigenvalue weighted by atomic mass is 16.5. The minimum atomic E-state index is -0.184. The molecule has 1 fully saturated rings. The molecule has 0 radical (unpaired) electrons. The average Bonchev–Trinajstić information content (AvgIpc) is 2.50. The fraction of sp³-hybridized carbons (Fsp3) is 0.800. The third-order valence-electron chi connectivity index (χ3n) is 3.90. The Morgan fingerprint density at radius 3 is 2.38 bits per heavy atom. The topological polar surface area (TPSA) is 75.7 Å². The lowest BCUT2D eigenvalue weighted by atomic mass is 9.96. The number of carbonyl (C=O) groups is 3. The van der Waals surface area contributed by atoms with Crippen molar-refractivity contribution < 1.29 is 19.1 Å². The number of nitrogens with one attached hydrogen (secondary N) is 1. The molecule has 1 saturated heterocycles. The Morgan fingerprint density at radius 1 is 1.14 bits per heavy atom. The van der Waals surface area contributed by atoms with Crippen molar-refractivity contribution in [2.45, 2.75) is 45.4 Å². The SMILES string of the molecule is COC(=O)CCCCCNC(=O)C1CCN(C(C)=O)CC1. The number of amides is 2. The van der Waals surface area contributed by atoms with Gasteiger partial charge in [0.25, 0.3) is 0 Å². The highest BCUT2D eigenvalue weighted by Crippen LogP contribution is 2.17. The number of hydrogen-bond donors (Lipinski definition) is 1. The molecule has 1 aliphatic rings. The molecule has 0 saturated carbocycles. The Hall–Kier alpha value is -1.59. The van der Waals surface area contributed by atoms with Crippen molar-refractivity contribution >= 4 is 17.8 Å². The first kappa shape index (κ1) is 17.5. The maximum atomic E-state index is 12.0. The maximum absolute atomic E-state index is 12.0. The molecule has 0 aliphatic carbocycles. The Morgan fingerprint density at radius 2 is 1.81 bits per heavy atom. The van der Waals surface area contributed by atoms with E-state index in [-0.39, 0.29) is 23.7 Å². The number of nitrogens with zero attached hydrogens (tertiary/aromatic N) is 1. The number of rotatable bonds is 7. The van der Waals surface area contributed by atoms with Gasteiger partial charge in [-0.15, -0.1) is 0 Å². The number of hydrogen-bond acceptors (Lipinski definition) is 4. The van der Waals surface area contributed by atoms with E-state index in [0.29, 0.717) is 26.1 Å². The van der Waals surface area contributed by atoms with Crippen molar-refractivity contribution in [3.63, 3.8) is 0 Å². The van der Waals surface area contributed by atoms with E-state index >= 15 is 0 Å². The quantitative estimate of drug-likeness (QED) is 0.564. The summed E-state index contributed by atoms with van der Waals surface area (Å²) in [7, 11) is 1.39. The molecule has 1 aliphatic heterocycles. The fourth-order valence-corrected chi connectivity index (χ4v) is 2.49. The van der Waals surface area contributed by atoms with Gasteiger partial charge < -0.3 is 15.0 Å².